The van der Waals surface area contributed by atoms with E-state index in [-0.39, 0.29) is 16.0 Å². The van der Waals surface area contributed by atoms with Gasteiger partial charge in [-0.3, -0.25) is 10.1 Å². The zero-order valence-corrected chi connectivity index (χ0v) is 12.2. The molecule has 6 heteroatoms. The molecule has 2 aromatic rings. The maximum absolute atomic E-state index is 11.3. The van der Waals surface area contributed by atoms with Gasteiger partial charge >= 0.3 is 5.69 Å². The number of nitro groups is 1. The summed E-state index contributed by atoms with van der Waals surface area (Å²) in [5.74, 6) is 0. The molecule has 1 aromatic carbocycles. The first-order valence-electron chi connectivity index (χ1n) is 6.84. The van der Waals surface area contributed by atoms with E-state index in [1.54, 1.807) is 11.6 Å². The molecule has 0 aliphatic heterocycles. The van der Waals surface area contributed by atoms with Gasteiger partial charge in [0.2, 0.25) is 0 Å². The second-order valence-corrected chi connectivity index (χ2v) is 6.68. The molecule has 1 saturated carbocycles. The Bertz CT molecular complexity index is 647. The molecule has 106 valence electrons. The quantitative estimate of drug-likeness (QED) is 0.677. The Labute approximate surface area is 121 Å². The van der Waals surface area contributed by atoms with E-state index >= 15 is 0 Å². The fourth-order valence-electron chi connectivity index (χ4n) is 2.96. The van der Waals surface area contributed by atoms with Crippen molar-refractivity contribution in [3.8, 4) is 0 Å². The lowest BCUT2D eigenvalue weighted by atomic mass is 9.89. The molecule has 3 rings (SSSR count). The minimum atomic E-state index is -0.332. The molecule has 1 heterocycles. The van der Waals surface area contributed by atoms with Gasteiger partial charge in [-0.05, 0) is 30.4 Å². The number of nitro benzene ring substituents is 1. The van der Waals surface area contributed by atoms with Crippen LogP contribution in [0.3, 0.4) is 0 Å². The van der Waals surface area contributed by atoms with Crippen molar-refractivity contribution in [3.05, 3.63) is 27.8 Å². The van der Waals surface area contributed by atoms with Gasteiger partial charge in [0.1, 0.15) is 5.69 Å². The summed E-state index contributed by atoms with van der Waals surface area (Å²) in [6.45, 7) is 3.03. The largest absolute Gasteiger partial charge is 0.379 e. The van der Waals surface area contributed by atoms with Gasteiger partial charge in [0, 0.05) is 6.54 Å². The smallest absolute Gasteiger partial charge is 0.319 e. The molecular formula is C14H17N3O2S. The number of anilines is 1. The number of thiazole rings is 1. The Morgan fingerprint density at radius 2 is 2.20 bits per heavy atom. The summed E-state index contributed by atoms with van der Waals surface area (Å²) >= 11 is 1.43. The highest BCUT2D eigenvalue weighted by molar-refractivity contribution is 7.16. The highest BCUT2D eigenvalue weighted by atomic mass is 32.1. The van der Waals surface area contributed by atoms with E-state index in [1.807, 2.05) is 6.07 Å². The Morgan fingerprint density at radius 1 is 1.45 bits per heavy atom. The minimum Gasteiger partial charge on any atom is -0.379 e. The van der Waals surface area contributed by atoms with Crippen molar-refractivity contribution >= 4 is 32.9 Å². The van der Waals surface area contributed by atoms with Crippen LogP contribution in [0, 0.1) is 15.5 Å². The Kier molecular flexibility index (Phi) is 3.33. The molecule has 0 spiro atoms. The van der Waals surface area contributed by atoms with Gasteiger partial charge in [-0.1, -0.05) is 19.8 Å². The maximum atomic E-state index is 11.3. The first-order chi connectivity index (χ1) is 9.59. The SMILES string of the molecule is CC1(CNc2ccc3scnc3c2[N+](=O)[O-])CCCC1. The first kappa shape index (κ1) is 13.3. The minimum absolute atomic E-state index is 0.102. The molecule has 1 aliphatic carbocycles. The molecule has 5 nitrogen and oxygen atoms in total. The summed E-state index contributed by atoms with van der Waals surface area (Å²) < 4.78 is 0.856. The van der Waals surface area contributed by atoms with Gasteiger partial charge < -0.3 is 5.32 Å². The summed E-state index contributed by atoms with van der Waals surface area (Å²) in [6, 6.07) is 3.70. The van der Waals surface area contributed by atoms with Crippen LogP contribution >= 0.6 is 11.3 Å². The Hall–Kier alpha value is -1.69. The number of hydrogen-bond acceptors (Lipinski definition) is 5. The second kappa shape index (κ2) is 5.01. The van der Waals surface area contributed by atoms with Crippen LogP contribution in [-0.2, 0) is 0 Å². The number of hydrogen-bond donors (Lipinski definition) is 1. The lowest BCUT2D eigenvalue weighted by molar-refractivity contribution is -0.382. The normalized spacial score (nSPS) is 17.4. The molecule has 1 aromatic heterocycles. The van der Waals surface area contributed by atoms with Gasteiger partial charge in [-0.25, -0.2) is 4.98 Å². The molecule has 0 amide bonds. The van der Waals surface area contributed by atoms with E-state index < -0.39 is 0 Å². The van der Waals surface area contributed by atoms with E-state index in [4.69, 9.17) is 0 Å². The third-order valence-electron chi connectivity index (χ3n) is 4.17. The highest BCUT2D eigenvalue weighted by Crippen LogP contribution is 2.39. The molecule has 0 radical (unpaired) electrons. The molecule has 20 heavy (non-hydrogen) atoms. The Morgan fingerprint density at radius 3 is 2.90 bits per heavy atom. The van der Waals surface area contributed by atoms with E-state index in [0.29, 0.717) is 11.2 Å². The summed E-state index contributed by atoms with van der Waals surface area (Å²) in [5, 5.41) is 14.6. The average Bonchev–Trinajstić information content (AvgIpc) is 3.04. The van der Waals surface area contributed by atoms with E-state index in [0.717, 1.165) is 11.2 Å². The number of nitrogens with zero attached hydrogens (tertiary/aromatic N) is 2. The molecule has 0 bridgehead atoms. The number of nitrogens with one attached hydrogen (secondary N) is 1. The summed E-state index contributed by atoms with van der Waals surface area (Å²) in [7, 11) is 0. The third kappa shape index (κ3) is 2.35. The van der Waals surface area contributed by atoms with Crippen LogP contribution in [0.5, 0.6) is 0 Å². The molecule has 0 saturated heterocycles. The molecule has 1 aliphatic rings. The zero-order chi connectivity index (χ0) is 14.2. The van der Waals surface area contributed by atoms with Gasteiger partial charge in [0.05, 0.1) is 15.1 Å². The number of fused-ring (bicyclic) bond motifs is 1. The van der Waals surface area contributed by atoms with Crippen molar-refractivity contribution < 1.29 is 4.92 Å². The maximum Gasteiger partial charge on any atom is 0.319 e. The second-order valence-electron chi connectivity index (χ2n) is 5.79. The molecule has 1 fully saturated rings. The van der Waals surface area contributed by atoms with Crippen molar-refractivity contribution in [2.75, 3.05) is 11.9 Å². The molecule has 0 unspecified atom stereocenters. The van der Waals surface area contributed by atoms with Crippen molar-refractivity contribution in [2.45, 2.75) is 32.6 Å². The van der Waals surface area contributed by atoms with Gasteiger partial charge in [-0.2, -0.15) is 0 Å². The summed E-state index contributed by atoms with van der Waals surface area (Å²) in [5.41, 5.74) is 3.08. The monoisotopic (exact) mass is 291 g/mol. The number of aromatic nitrogens is 1. The van der Waals surface area contributed by atoms with Crippen molar-refractivity contribution in [3.63, 3.8) is 0 Å². The van der Waals surface area contributed by atoms with Gasteiger partial charge in [0.15, 0.2) is 5.52 Å². The van der Waals surface area contributed by atoms with Crippen molar-refractivity contribution in [2.24, 2.45) is 5.41 Å². The highest BCUT2D eigenvalue weighted by Gasteiger charge is 2.29. The molecular weight excluding hydrogens is 274 g/mol. The predicted molar refractivity (Wildman–Crippen MR) is 81.3 cm³/mol. The number of benzene rings is 1. The Balaban J connectivity index is 1.90. The summed E-state index contributed by atoms with van der Waals surface area (Å²) in [4.78, 5) is 15.1. The summed E-state index contributed by atoms with van der Waals surface area (Å²) in [6.07, 6.45) is 4.89. The van der Waals surface area contributed by atoms with Crippen LogP contribution < -0.4 is 5.32 Å². The van der Waals surface area contributed by atoms with E-state index in [1.165, 1.54) is 37.0 Å². The van der Waals surface area contributed by atoms with Crippen LogP contribution in [0.2, 0.25) is 0 Å². The van der Waals surface area contributed by atoms with Crippen LogP contribution in [0.15, 0.2) is 17.6 Å². The average molecular weight is 291 g/mol. The third-order valence-corrected chi connectivity index (χ3v) is 4.97. The topological polar surface area (TPSA) is 68.1 Å². The molecule has 1 N–H and O–H groups in total. The fraction of sp³-hybridized carbons (Fsp3) is 0.500. The van der Waals surface area contributed by atoms with Crippen LogP contribution in [0.4, 0.5) is 11.4 Å². The van der Waals surface area contributed by atoms with E-state index in [2.05, 4.69) is 17.2 Å². The molecule has 0 atom stereocenters. The zero-order valence-electron chi connectivity index (χ0n) is 11.4. The van der Waals surface area contributed by atoms with Crippen LogP contribution in [0.1, 0.15) is 32.6 Å². The number of rotatable bonds is 4. The lowest BCUT2D eigenvalue weighted by Crippen LogP contribution is -2.23. The predicted octanol–water partition coefficient (Wildman–Crippen LogP) is 4.20. The van der Waals surface area contributed by atoms with Crippen molar-refractivity contribution in [1.82, 2.24) is 4.98 Å². The lowest BCUT2D eigenvalue weighted by Gasteiger charge is -2.24. The van der Waals surface area contributed by atoms with Crippen LogP contribution in [0.25, 0.3) is 10.2 Å². The van der Waals surface area contributed by atoms with E-state index in [9.17, 15) is 10.1 Å². The standard InChI is InChI=1S/C14H17N3O2S/c1-14(6-2-3-7-14)8-15-10-4-5-11-12(16-9-20-11)13(10)17(18)19/h4-5,9,15H,2-3,6-8H2,1H3. The fourth-order valence-corrected chi connectivity index (χ4v) is 3.64. The van der Waals surface area contributed by atoms with Gasteiger partial charge in [0.25, 0.3) is 0 Å². The first-order valence-corrected chi connectivity index (χ1v) is 7.71. The van der Waals surface area contributed by atoms with Crippen molar-refractivity contribution in [1.29, 1.82) is 0 Å². The van der Waals surface area contributed by atoms with Gasteiger partial charge in [-0.15, -0.1) is 11.3 Å². The van der Waals surface area contributed by atoms with Crippen LogP contribution in [-0.4, -0.2) is 16.5 Å².